The van der Waals surface area contributed by atoms with Gasteiger partial charge in [-0.1, -0.05) is 23.7 Å². The second-order valence-electron chi connectivity index (χ2n) is 3.78. The van der Waals surface area contributed by atoms with Gasteiger partial charge in [0.05, 0.1) is 16.8 Å². The highest BCUT2D eigenvalue weighted by atomic mass is 35.5. The highest BCUT2D eigenvalue weighted by Gasteiger charge is 2.11. The fourth-order valence-corrected chi connectivity index (χ4v) is 1.64. The van der Waals surface area contributed by atoms with Crippen molar-refractivity contribution < 1.29 is 14.7 Å². The molecule has 0 bridgehead atoms. The van der Waals surface area contributed by atoms with Crippen LogP contribution in [0.4, 0.5) is 0 Å². The molecule has 0 saturated carbocycles. The predicted octanol–water partition coefficient (Wildman–Crippen LogP) is 1.69. The van der Waals surface area contributed by atoms with Gasteiger partial charge in [-0.2, -0.15) is 5.10 Å². The lowest BCUT2D eigenvalue weighted by Crippen LogP contribution is -2.23. The summed E-state index contributed by atoms with van der Waals surface area (Å²) in [5, 5.41) is 17.8. The lowest BCUT2D eigenvalue weighted by Gasteiger charge is -2.04. The molecule has 0 aliphatic carbocycles. The summed E-state index contributed by atoms with van der Waals surface area (Å²) in [6.45, 7) is 0.272. The molecule has 0 spiro atoms. The van der Waals surface area contributed by atoms with Crippen LogP contribution in [0.3, 0.4) is 0 Å². The number of hydrogen-bond donors (Lipinski definition) is 3. The Balaban J connectivity index is 1.97. The zero-order valence-electron chi connectivity index (χ0n) is 9.68. The molecule has 3 N–H and O–H groups in total. The second-order valence-corrected chi connectivity index (χ2v) is 4.18. The van der Waals surface area contributed by atoms with Crippen LogP contribution < -0.4 is 5.32 Å². The number of aromatic nitrogens is 2. The van der Waals surface area contributed by atoms with Gasteiger partial charge in [0, 0.05) is 6.54 Å². The van der Waals surface area contributed by atoms with Gasteiger partial charge in [-0.25, -0.2) is 4.79 Å². The van der Waals surface area contributed by atoms with Crippen LogP contribution in [0.5, 0.6) is 0 Å². The van der Waals surface area contributed by atoms with Crippen LogP contribution in [0, 0.1) is 0 Å². The summed E-state index contributed by atoms with van der Waals surface area (Å²) in [4.78, 5) is 22.4. The number of amides is 1. The van der Waals surface area contributed by atoms with Crippen LogP contribution in [0.1, 0.15) is 26.4 Å². The van der Waals surface area contributed by atoms with Crippen LogP contribution in [-0.2, 0) is 6.54 Å². The molecule has 1 amide bonds. The lowest BCUT2D eigenvalue weighted by molar-refractivity contribution is 0.0696. The number of carbonyl (C=O) groups excluding carboxylic acids is 1. The summed E-state index contributed by atoms with van der Waals surface area (Å²) in [6, 6.07) is 6.23. The molecule has 1 aromatic heterocycles. The molecule has 0 fully saturated rings. The second kappa shape index (κ2) is 5.53. The van der Waals surface area contributed by atoms with Crippen molar-refractivity contribution in [2.45, 2.75) is 6.54 Å². The van der Waals surface area contributed by atoms with Crippen LogP contribution in [-0.4, -0.2) is 27.2 Å². The van der Waals surface area contributed by atoms with E-state index in [1.807, 2.05) is 0 Å². The molecule has 1 aromatic carbocycles. The molecule has 19 heavy (non-hydrogen) atoms. The Morgan fingerprint density at radius 3 is 2.53 bits per heavy atom. The number of hydrogen-bond acceptors (Lipinski definition) is 3. The Kier molecular flexibility index (Phi) is 3.82. The Morgan fingerprint density at radius 2 is 2.00 bits per heavy atom. The fourth-order valence-electron chi connectivity index (χ4n) is 1.47. The third-order valence-corrected chi connectivity index (χ3v) is 2.76. The van der Waals surface area contributed by atoms with E-state index in [-0.39, 0.29) is 28.7 Å². The van der Waals surface area contributed by atoms with Crippen molar-refractivity contribution in [1.82, 2.24) is 15.5 Å². The van der Waals surface area contributed by atoms with Crippen molar-refractivity contribution in [2.24, 2.45) is 0 Å². The molecule has 2 aromatic rings. The van der Waals surface area contributed by atoms with Gasteiger partial charge in [-0.15, -0.1) is 0 Å². The predicted molar refractivity (Wildman–Crippen MR) is 68.2 cm³/mol. The monoisotopic (exact) mass is 279 g/mol. The molecule has 0 unspecified atom stereocenters. The summed E-state index contributed by atoms with van der Waals surface area (Å²) in [7, 11) is 0. The largest absolute Gasteiger partial charge is 0.478 e. The van der Waals surface area contributed by atoms with Gasteiger partial charge in [0.15, 0.2) is 0 Å². The first-order valence-corrected chi connectivity index (χ1v) is 5.75. The molecule has 0 radical (unpaired) electrons. The number of rotatable bonds is 4. The van der Waals surface area contributed by atoms with Crippen molar-refractivity contribution in [3.8, 4) is 0 Å². The van der Waals surface area contributed by atoms with E-state index in [1.54, 1.807) is 12.1 Å². The van der Waals surface area contributed by atoms with E-state index in [4.69, 9.17) is 16.7 Å². The molecule has 6 nitrogen and oxygen atoms in total. The standard InChI is InChI=1S/C12H10ClN3O3/c13-9-6-15-16-10(9)11(17)14-5-7-1-3-8(4-2-7)12(18)19/h1-4,6H,5H2,(H,14,17)(H,15,16)(H,18,19). The lowest BCUT2D eigenvalue weighted by atomic mass is 10.1. The average Bonchev–Trinajstić information content (AvgIpc) is 2.83. The number of carboxylic acids is 1. The molecular formula is C12H10ClN3O3. The molecule has 0 aliphatic heterocycles. The molecule has 98 valence electrons. The Morgan fingerprint density at radius 1 is 1.32 bits per heavy atom. The molecular weight excluding hydrogens is 270 g/mol. The van der Waals surface area contributed by atoms with E-state index in [9.17, 15) is 9.59 Å². The SMILES string of the molecule is O=C(O)c1ccc(CNC(=O)c2[nH]ncc2Cl)cc1. The van der Waals surface area contributed by atoms with Crippen molar-refractivity contribution in [3.63, 3.8) is 0 Å². The highest BCUT2D eigenvalue weighted by Crippen LogP contribution is 2.11. The van der Waals surface area contributed by atoms with Gasteiger partial charge in [0.1, 0.15) is 5.69 Å². The normalized spacial score (nSPS) is 10.2. The number of H-pyrrole nitrogens is 1. The number of halogens is 1. The van der Waals surface area contributed by atoms with Gasteiger partial charge in [0.2, 0.25) is 0 Å². The van der Waals surface area contributed by atoms with Crippen molar-refractivity contribution in [1.29, 1.82) is 0 Å². The first-order chi connectivity index (χ1) is 9.08. The summed E-state index contributed by atoms with van der Waals surface area (Å²) in [5.41, 5.74) is 1.18. The zero-order valence-corrected chi connectivity index (χ0v) is 10.4. The smallest absolute Gasteiger partial charge is 0.335 e. The van der Waals surface area contributed by atoms with Gasteiger partial charge in [0.25, 0.3) is 5.91 Å². The summed E-state index contributed by atoms with van der Waals surface area (Å²) in [6.07, 6.45) is 1.35. The van der Waals surface area contributed by atoms with Crippen LogP contribution in [0.2, 0.25) is 5.02 Å². The minimum absolute atomic E-state index is 0.198. The van der Waals surface area contributed by atoms with Crippen LogP contribution in [0.15, 0.2) is 30.5 Å². The average molecular weight is 280 g/mol. The molecule has 0 saturated heterocycles. The number of nitrogens with zero attached hydrogens (tertiary/aromatic N) is 1. The molecule has 7 heteroatoms. The molecule has 1 heterocycles. The minimum atomic E-state index is -0.986. The molecule has 0 aliphatic rings. The first kappa shape index (κ1) is 13.1. The van der Waals surface area contributed by atoms with Gasteiger partial charge in [-0.3, -0.25) is 9.89 Å². The van der Waals surface area contributed by atoms with Gasteiger partial charge in [-0.05, 0) is 17.7 Å². The van der Waals surface area contributed by atoms with E-state index in [0.29, 0.717) is 0 Å². The van der Waals surface area contributed by atoms with E-state index < -0.39 is 5.97 Å². The fraction of sp³-hybridized carbons (Fsp3) is 0.0833. The summed E-state index contributed by atoms with van der Waals surface area (Å²) in [5.74, 6) is -1.36. The summed E-state index contributed by atoms with van der Waals surface area (Å²) >= 11 is 5.75. The topological polar surface area (TPSA) is 95.1 Å². The number of nitrogens with one attached hydrogen (secondary N) is 2. The van der Waals surface area contributed by atoms with Gasteiger partial charge >= 0.3 is 5.97 Å². The van der Waals surface area contributed by atoms with Gasteiger partial charge < -0.3 is 10.4 Å². The van der Waals surface area contributed by atoms with Crippen molar-refractivity contribution >= 4 is 23.5 Å². The molecule has 0 atom stereocenters. The van der Waals surface area contributed by atoms with E-state index >= 15 is 0 Å². The maximum Gasteiger partial charge on any atom is 0.335 e. The van der Waals surface area contributed by atoms with E-state index in [2.05, 4.69) is 15.5 Å². The third kappa shape index (κ3) is 3.11. The Hall–Kier alpha value is -2.34. The first-order valence-electron chi connectivity index (χ1n) is 5.37. The van der Waals surface area contributed by atoms with Crippen LogP contribution >= 0.6 is 11.6 Å². The molecule has 2 rings (SSSR count). The minimum Gasteiger partial charge on any atom is -0.478 e. The highest BCUT2D eigenvalue weighted by molar-refractivity contribution is 6.33. The number of aromatic carboxylic acids is 1. The maximum absolute atomic E-state index is 11.7. The van der Waals surface area contributed by atoms with Crippen molar-refractivity contribution in [3.05, 3.63) is 52.3 Å². The van der Waals surface area contributed by atoms with E-state index in [1.165, 1.54) is 18.3 Å². The maximum atomic E-state index is 11.7. The number of aromatic amines is 1. The van der Waals surface area contributed by atoms with Crippen LogP contribution in [0.25, 0.3) is 0 Å². The Bertz CT molecular complexity index is 607. The quantitative estimate of drug-likeness (QED) is 0.794. The summed E-state index contributed by atoms with van der Waals surface area (Å²) < 4.78 is 0. The number of benzene rings is 1. The zero-order chi connectivity index (χ0) is 13.8. The van der Waals surface area contributed by atoms with Crippen molar-refractivity contribution in [2.75, 3.05) is 0 Å². The number of carboxylic acid groups (broad SMARTS) is 1. The Labute approximate surface area is 113 Å². The van der Waals surface area contributed by atoms with E-state index in [0.717, 1.165) is 5.56 Å². The third-order valence-electron chi connectivity index (χ3n) is 2.47. The number of carbonyl (C=O) groups is 2.